The minimum absolute atomic E-state index is 0.162. The molecule has 0 spiro atoms. The predicted octanol–water partition coefficient (Wildman–Crippen LogP) is 3.96. The quantitative estimate of drug-likeness (QED) is 0.607. The van der Waals surface area contributed by atoms with Crippen LogP contribution in [0.25, 0.3) is 11.3 Å². The van der Waals surface area contributed by atoms with Gasteiger partial charge < -0.3 is 4.74 Å². The first-order chi connectivity index (χ1) is 15.8. The van der Waals surface area contributed by atoms with Gasteiger partial charge in [0.2, 0.25) is 10.0 Å². The number of amides is 1. The molecular formula is C24H25N3O4S2. The number of hydrogen-bond donors (Lipinski definition) is 1. The van der Waals surface area contributed by atoms with E-state index in [0.29, 0.717) is 23.8 Å². The zero-order valence-corrected chi connectivity index (χ0v) is 20.1. The third kappa shape index (κ3) is 4.33. The lowest BCUT2D eigenvalue weighted by Gasteiger charge is -2.34. The normalized spacial score (nSPS) is 20.7. The monoisotopic (exact) mass is 483 g/mol. The maximum atomic E-state index is 13.0. The van der Waals surface area contributed by atoms with E-state index in [-0.39, 0.29) is 23.0 Å². The van der Waals surface area contributed by atoms with Crippen molar-refractivity contribution < 1.29 is 17.9 Å². The third-order valence-corrected chi connectivity index (χ3v) is 8.83. The molecule has 2 heterocycles. The molecule has 9 heteroatoms. The number of nitrogens with one attached hydrogen (secondary N) is 1. The number of fused-ring (bicyclic) bond motifs is 3. The molecule has 3 aromatic rings. The van der Waals surface area contributed by atoms with Crippen LogP contribution in [0.4, 0.5) is 5.13 Å². The van der Waals surface area contributed by atoms with Gasteiger partial charge in [0.1, 0.15) is 0 Å². The van der Waals surface area contributed by atoms with E-state index in [4.69, 9.17) is 4.74 Å². The molecule has 0 saturated carbocycles. The number of aromatic nitrogens is 1. The van der Waals surface area contributed by atoms with Crippen LogP contribution in [0.2, 0.25) is 0 Å². The standard InChI is InChI=1S/C24H25N3O4S2/c1-15-13-27(14-16(2)31-15)33(29,30)19-10-7-18(8-11-19)23(28)26-24-25-22-20-6-4-3-5-17(20)9-12-21(22)32-24/h3-8,10-11,15-16H,9,12-14H2,1-2H3,(H,25,26,28). The van der Waals surface area contributed by atoms with E-state index in [1.165, 1.54) is 38.2 Å². The summed E-state index contributed by atoms with van der Waals surface area (Å²) in [5.74, 6) is -0.313. The van der Waals surface area contributed by atoms with Gasteiger partial charge in [-0.05, 0) is 56.5 Å². The molecule has 2 aliphatic rings. The molecule has 0 bridgehead atoms. The fourth-order valence-corrected chi connectivity index (χ4v) is 6.99. The minimum atomic E-state index is -3.65. The number of carbonyl (C=O) groups excluding carboxylic acids is 1. The van der Waals surface area contributed by atoms with Crippen LogP contribution in [0.1, 0.15) is 34.6 Å². The summed E-state index contributed by atoms with van der Waals surface area (Å²) in [6.07, 6.45) is 1.55. The summed E-state index contributed by atoms with van der Waals surface area (Å²) < 4.78 is 33.1. The number of ether oxygens (including phenoxy) is 1. The molecule has 1 aliphatic heterocycles. The van der Waals surface area contributed by atoms with Gasteiger partial charge in [-0.2, -0.15) is 4.31 Å². The molecule has 1 saturated heterocycles. The zero-order chi connectivity index (χ0) is 23.2. The Kier molecular flexibility index (Phi) is 5.82. The lowest BCUT2D eigenvalue weighted by Crippen LogP contribution is -2.48. The maximum Gasteiger partial charge on any atom is 0.257 e. The molecule has 2 unspecified atom stereocenters. The Bertz CT molecular complexity index is 1290. The van der Waals surface area contributed by atoms with Gasteiger partial charge in [0, 0.05) is 29.1 Å². The molecule has 1 aliphatic carbocycles. The SMILES string of the molecule is CC1CN(S(=O)(=O)c2ccc(C(=O)Nc3nc4c(s3)CCc3ccccc3-4)cc2)CC(C)O1. The molecule has 5 rings (SSSR count). The van der Waals surface area contributed by atoms with E-state index in [0.717, 1.165) is 24.1 Å². The molecular weight excluding hydrogens is 458 g/mol. The number of benzene rings is 2. The zero-order valence-electron chi connectivity index (χ0n) is 18.4. The highest BCUT2D eigenvalue weighted by molar-refractivity contribution is 7.89. The van der Waals surface area contributed by atoms with Gasteiger partial charge in [-0.25, -0.2) is 13.4 Å². The maximum absolute atomic E-state index is 13.0. The van der Waals surface area contributed by atoms with Crippen LogP contribution in [0.15, 0.2) is 53.4 Å². The fourth-order valence-electron chi connectivity index (χ4n) is 4.43. The molecule has 33 heavy (non-hydrogen) atoms. The van der Waals surface area contributed by atoms with Crippen LogP contribution in [-0.2, 0) is 27.6 Å². The number of aryl methyl sites for hydroxylation is 2. The van der Waals surface area contributed by atoms with Gasteiger partial charge in [-0.1, -0.05) is 24.3 Å². The highest BCUT2D eigenvalue weighted by Crippen LogP contribution is 2.38. The lowest BCUT2D eigenvalue weighted by molar-refractivity contribution is -0.0440. The Hall–Kier alpha value is -2.59. The number of rotatable bonds is 4. The summed E-state index contributed by atoms with van der Waals surface area (Å²) in [6.45, 7) is 4.35. The number of nitrogens with zero attached hydrogens (tertiary/aromatic N) is 2. The van der Waals surface area contributed by atoms with E-state index < -0.39 is 10.0 Å². The Balaban J connectivity index is 1.32. The van der Waals surface area contributed by atoms with Crippen molar-refractivity contribution in [1.29, 1.82) is 0 Å². The van der Waals surface area contributed by atoms with E-state index in [9.17, 15) is 13.2 Å². The lowest BCUT2D eigenvalue weighted by atomic mass is 9.94. The van der Waals surface area contributed by atoms with Crippen LogP contribution >= 0.6 is 11.3 Å². The average molecular weight is 484 g/mol. The number of morpholine rings is 1. The van der Waals surface area contributed by atoms with Crippen LogP contribution in [0.3, 0.4) is 0 Å². The molecule has 1 amide bonds. The summed E-state index contributed by atoms with van der Waals surface area (Å²) in [7, 11) is -3.65. The largest absolute Gasteiger partial charge is 0.373 e. The summed E-state index contributed by atoms with van der Waals surface area (Å²) in [4.78, 5) is 18.8. The third-order valence-electron chi connectivity index (χ3n) is 5.95. The number of thiazole rings is 1. The topological polar surface area (TPSA) is 88.6 Å². The Labute approximate surface area is 197 Å². The highest BCUT2D eigenvalue weighted by Gasteiger charge is 2.32. The van der Waals surface area contributed by atoms with Crippen molar-refractivity contribution in [2.75, 3.05) is 18.4 Å². The second-order valence-electron chi connectivity index (χ2n) is 8.51. The molecule has 7 nitrogen and oxygen atoms in total. The van der Waals surface area contributed by atoms with Crippen LogP contribution in [-0.4, -0.2) is 48.9 Å². The molecule has 2 aromatic carbocycles. The van der Waals surface area contributed by atoms with E-state index in [2.05, 4.69) is 22.4 Å². The predicted molar refractivity (Wildman–Crippen MR) is 128 cm³/mol. The Morgan fingerprint density at radius 2 is 1.76 bits per heavy atom. The van der Waals surface area contributed by atoms with Crippen LogP contribution < -0.4 is 5.32 Å². The Morgan fingerprint density at radius 3 is 2.48 bits per heavy atom. The summed E-state index contributed by atoms with van der Waals surface area (Å²) in [5.41, 5.74) is 3.71. The average Bonchev–Trinajstić information content (AvgIpc) is 3.21. The van der Waals surface area contributed by atoms with Gasteiger partial charge >= 0.3 is 0 Å². The number of carbonyl (C=O) groups is 1. The summed E-state index contributed by atoms with van der Waals surface area (Å²) in [6, 6.07) is 14.3. The van der Waals surface area contributed by atoms with Crippen LogP contribution in [0.5, 0.6) is 0 Å². The van der Waals surface area contributed by atoms with Gasteiger partial charge in [-0.15, -0.1) is 11.3 Å². The first kappa shape index (κ1) is 22.2. The molecule has 1 N–H and O–H groups in total. The first-order valence-electron chi connectivity index (χ1n) is 11.0. The van der Waals surface area contributed by atoms with Crippen LogP contribution in [0, 0.1) is 0 Å². The van der Waals surface area contributed by atoms with Crippen molar-refractivity contribution in [1.82, 2.24) is 9.29 Å². The second kappa shape index (κ2) is 8.64. The first-order valence-corrected chi connectivity index (χ1v) is 13.2. The van der Waals surface area contributed by atoms with Crippen molar-refractivity contribution in [3.8, 4) is 11.3 Å². The number of anilines is 1. The molecule has 0 radical (unpaired) electrons. The second-order valence-corrected chi connectivity index (χ2v) is 11.5. The van der Waals surface area contributed by atoms with Gasteiger partial charge in [0.15, 0.2) is 5.13 Å². The fraction of sp³-hybridized carbons (Fsp3) is 0.333. The summed E-state index contributed by atoms with van der Waals surface area (Å²) in [5, 5.41) is 3.42. The van der Waals surface area contributed by atoms with Crippen molar-refractivity contribution in [3.63, 3.8) is 0 Å². The minimum Gasteiger partial charge on any atom is -0.373 e. The van der Waals surface area contributed by atoms with Crippen molar-refractivity contribution in [3.05, 3.63) is 64.5 Å². The Morgan fingerprint density at radius 1 is 1.06 bits per heavy atom. The highest BCUT2D eigenvalue weighted by atomic mass is 32.2. The number of hydrogen-bond acceptors (Lipinski definition) is 6. The molecule has 172 valence electrons. The van der Waals surface area contributed by atoms with E-state index in [1.807, 2.05) is 26.0 Å². The van der Waals surface area contributed by atoms with Gasteiger partial charge in [0.05, 0.1) is 22.8 Å². The molecule has 2 atom stereocenters. The van der Waals surface area contributed by atoms with E-state index in [1.54, 1.807) is 12.1 Å². The van der Waals surface area contributed by atoms with Gasteiger partial charge in [0.25, 0.3) is 5.91 Å². The van der Waals surface area contributed by atoms with Crippen molar-refractivity contribution >= 4 is 32.4 Å². The smallest absolute Gasteiger partial charge is 0.257 e. The summed E-state index contributed by atoms with van der Waals surface area (Å²) >= 11 is 1.49. The van der Waals surface area contributed by atoms with Gasteiger partial charge in [-0.3, -0.25) is 10.1 Å². The molecule has 1 fully saturated rings. The van der Waals surface area contributed by atoms with E-state index >= 15 is 0 Å². The van der Waals surface area contributed by atoms with Crippen molar-refractivity contribution in [2.24, 2.45) is 0 Å². The number of sulfonamides is 1. The molecule has 1 aromatic heterocycles. The van der Waals surface area contributed by atoms with Crippen molar-refractivity contribution in [2.45, 2.75) is 43.8 Å².